The number of nitrogens with zero attached hydrogens (tertiary/aromatic N) is 2. The number of amides is 2. The van der Waals surface area contributed by atoms with Crippen molar-refractivity contribution in [3.63, 3.8) is 0 Å². The molecule has 6 nitrogen and oxygen atoms in total. The Morgan fingerprint density at radius 2 is 1.73 bits per heavy atom. The lowest BCUT2D eigenvalue weighted by atomic mass is 10.1. The minimum atomic E-state index is -0.120. The van der Waals surface area contributed by atoms with E-state index in [1.165, 1.54) is 5.56 Å². The van der Waals surface area contributed by atoms with Gasteiger partial charge in [-0.3, -0.25) is 14.5 Å². The topological polar surface area (TPSA) is 61.9 Å². The Morgan fingerprint density at radius 1 is 1.00 bits per heavy atom. The number of ether oxygens (including phenoxy) is 1. The molecule has 1 aliphatic heterocycles. The van der Waals surface area contributed by atoms with E-state index in [1.54, 1.807) is 38.4 Å². The molecule has 0 saturated carbocycles. The van der Waals surface area contributed by atoms with Crippen LogP contribution in [0.25, 0.3) is 6.08 Å². The number of hydrogen-bond acceptors (Lipinski definition) is 4. The third kappa shape index (κ3) is 5.94. The normalized spacial score (nSPS) is 15.1. The van der Waals surface area contributed by atoms with Crippen LogP contribution in [0.15, 0.2) is 54.6 Å². The number of benzene rings is 2. The Balaban J connectivity index is 1.52. The number of nitrogens with one attached hydrogen (secondary N) is 1. The molecule has 158 valence electrons. The molecule has 1 aliphatic rings. The van der Waals surface area contributed by atoms with Crippen LogP contribution in [0.2, 0.25) is 0 Å². The molecule has 30 heavy (non-hydrogen) atoms. The zero-order valence-electron chi connectivity index (χ0n) is 17.6. The lowest BCUT2D eigenvalue weighted by Crippen LogP contribution is -2.34. The summed E-state index contributed by atoms with van der Waals surface area (Å²) in [6.45, 7) is 4.18. The van der Waals surface area contributed by atoms with Gasteiger partial charge in [0.2, 0.25) is 5.91 Å². The maximum absolute atomic E-state index is 12.6. The third-order valence-corrected chi connectivity index (χ3v) is 5.28. The molecule has 2 amide bonds. The summed E-state index contributed by atoms with van der Waals surface area (Å²) in [5.74, 6) is 0.767. The summed E-state index contributed by atoms with van der Waals surface area (Å²) in [4.78, 5) is 28.5. The van der Waals surface area contributed by atoms with Crippen LogP contribution in [-0.2, 0) is 11.3 Å². The van der Waals surface area contributed by atoms with Crippen molar-refractivity contribution in [2.75, 3.05) is 40.3 Å². The smallest absolute Gasteiger partial charge is 0.251 e. The van der Waals surface area contributed by atoms with Crippen LogP contribution in [0, 0.1) is 0 Å². The lowest BCUT2D eigenvalue weighted by molar-refractivity contribution is -0.125. The van der Waals surface area contributed by atoms with Crippen molar-refractivity contribution in [1.82, 2.24) is 15.1 Å². The van der Waals surface area contributed by atoms with Gasteiger partial charge in [-0.15, -0.1) is 0 Å². The van der Waals surface area contributed by atoms with E-state index < -0.39 is 0 Å². The van der Waals surface area contributed by atoms with Crippen LogP contribution >= 0.6 is 0 Å². The molecule has 6 heteroatoms. The second kappa shape index (κ2) is 10.6. The molecule has 0 spiro atoms. The first-order valence-electron chi connectivity index (χ1n) is 10.2. The second-order valence-electron chi connectivity index (χ2n) is 7.34. The quantitative estimate of drug-likeness (QED) is 0.748. The first-order valence-corrected chi connectivity index (χ1v) is 10.2. The molecule has 1 heterocycles. The summed E-state index contributed by atoms with van der Waals surface area (Å²) in [6, 6.07) is 15.3. The highest BCUT2D eigenvalue weighted by Gasteiger charge is 2.17. The molecule has 0 aromatic heterocycles. The van der Waals surface area contributed by atoms with Crippen molar-refractivity contribution in [3.05, 3.63) is 71.3 Å². The van der Waals surface area contributed by atoms with Crippen LogP contribution in [-0.4, -0.2) is 62.0 Å². The molecule has 0 atom stereocenters. The van der Waals surface area contributed by atoms with Gasteiger partial charge in [0.05, 0.1) is 7.11 Å². The predicted octanol–water partition coefficient (Wildman–Crippen LogP) is 2.80. The van der Waals surface area contributed by atoms with Crippen molar-refractivity contribution in [1.29, 1.82) is 0 Å². The molecule has 2 aromatic carbocycles. The Kier molecular flexibility index (Phi) is 7.63. The first-order chi connectivity index (χ1) is 14.6. The molecule has 0 radical (unpaired) electrons. The SMILES string of the molecule is CNC(=O)c1ccc(C=CC(=O)N2CCCN(Cc3ccc(OC)cc3)CC2)cc1. The van der Waals surface area contributed by atoms with Gasteiger partial charge in [-0.2, -0.15) is 0 Å². The average molecular weight is 408 g/mol. The van der Waals surface area contributed by atoms with Crippen LogP contribution in [0.3, 0.4) is 0 Å². The molecular formula is C24H29N3O3. The van der Waals surface area contributed by atoms with Gasteiger partial charge in [0.15, 0.2) is 0 Å². The highest BCUT2D eigenvalue weighted by molar-refractivity contribution is 5.94. The van der Waals surface area contributed by atoms with E-state index in [0.29, 0.717) is 5.56 Å². The fraction of sp³-hybridized carbons (Fsp3) is 0.333. The van der Waals surface area contributed by atoms with E-state index in [9.17, 15) is 9.59 Å². The summed E-state index contributed by atoms with van der Waals surface area (Å²) in [7, 11) is 3.28. The summed E-state index contributed by atoms with van der Waals surface area (Å²) >= 11 is 0. The maximum atomic E-state index is 12.6. The van der Waals surface area contributed by atoms with Gasteiger partial charge < -0.3 is 15.0 Å². The fourth-order valence-corrected chi connectivity index (χ4v) is 3.50. The first kappa shape index (κ1) is 21.6. The maximum Gasteiger partial charge on any atom is 0.251 e. The lowest BCUT2D eigenvalue weighted by Gasteiger charge is -2.21. The molecule has 0 unspecified atom stereocenters. The molecule has 0 aliphatic carbocycles. The van der Waals surface area contributed by atoms with Crippen molar-refractivity contribution >= 4 is 17.9 Å². The van der Waals surface area contributed by atoms with E-state index in [4.69, 9.17) is 4.74 Å². The largest absolute Gasteiger partial charge is 0.497 e. The van der Waals surface area contributed by atoms with Crippen LogP contribution in [0.1, 0.15) is 27.9 Å². The van der Waals surface area contributed by atoms with Crippen molar-refractivity contribution in [2.24, 2.45) is 0 Å². The van der Waals surface area contributed by atoms with Gasteiger partial charge in [0.1, 0.15) is 5.75 Å². The van der Waals surface area contributed by atoms with Gasteiger partial charge in [-0.25, -0.2) is 0 Å². The Morgan fingerprint density at radius 3 is 2.40 bits per heavy atom. The monoisotopic (exact) mass is 407 g/mol. The predicted molar refractivity (Wildman–Crippen MR) is 118 cm³/mol. The van der Waals surface area contributed by atoms with Crippen LogP contribution in [0.4, 0.5) is 0 Å². The van der Waals surface area contributed by atoms with Crippen LogP contribution < -0.4 is 10.1 Å². The van der Waals surface area contributed by atoms with Gasteiger partial charge in [-0.05, 0) is 47.9 Å². The highest BCUT2D eigenvalue weighted by atomic mass is 16.5. The van der Waals surface area contributed by atoms with E-state index in [2.05, 4.69) is 22.3 Å². The molecule has 1 fully saturated rings. The van der Waals surface area contributed by atoms with E-state index >= 15 is 0 Å². The summed E-state index contributed by atoms with van der Waals surface area (Å²) in [5.41, 5.74) is 2.74. The number of carbonyl (C=O) groups excluding carboxylic acids is 2. The number of hydrogen-bond donors (Lipinski definition) is 1. The summed E-state index contributed by atoms with van der Waals surface area (Å²) in [6.07, 6.45) is 4.38. The Hall–Kier alpha value is -3.12. The van der Waals surface area contributed by atoms with E-state index in [0.717, 1.165) is 50.5 Å². The second-order valence-corrected chi connectivity index (χ2v) is 7.34. The van der Waals surface area contributed by atoms with Crippen molar-refractivity contribution in [3.8, 4) is 5.75 Å². The third-order valence-electron chi connectivity index (χ3n) is 5.28. The van der Waals surface area contributed by atoms with Gasteiger partial charge in [-0.1, -0.05) is 24.3 Å². The molecule has 1 N–H and O–H groups in total. The minimum Gasteiger partial charge on any atom is -0.497 e. The van der Waals surface area contributed by atoms with E-state index in [1.807, 2.05) is 29.2 Å². The molecule has 3 rings (SSSR count). The van der Waals surface area contributed by atoms with Crippen LogP contribution in [0.5, 0.6) is 5.75 Å². The standard InChI is InChI=1S/C24H29N3O3/c1-25-24(29)21-9-4-19(5-10-21)8-13-23(28)27-15-3-14-26(16-17-27)18-20-6-11-22(30-2)12-7-20/h4-13H,3,14-18H2,1-2H3,(H,25,29). The highest BCUT2D eigenvalue weighted by Crippen LogP contribution is 2.15. The van der Waals surface area contributed by atoms with Crippen molar-refractivity contribution < 1.29 is 14.3 Å². The zero-order chi connectivity index (χ0) is 21.3. The van der Waals surface area contributed by atoms with Gasteiger partial charge in [0.25, 0.3) is 5.91 Å². The number of carbonyl (C=O) groups is 2. The van der Waals surface area contributed by atoms with E-state index in [-0.39, 0.29) is 11.8 Å². The summed E-state index contributed by atoms with van der Waals surface area (Å²) < 4.78 is 5.21. The van der Waals surface area contributed by atoms with Gasteiger partial charge in [0, 0.05) is 51.4 Å². The summed E-state index contributed by atoms with van der Waals surface area (Å²) in [5, 5.41) is 2.60. The number of rotatable bonds is 6. The molecule has 1 saturated heterocycles. The average Bonchev–Trinajstić information content (AvgIpc) is 3.03. The Bertz CT molecular complexity index is 876. The minimum absolute atomic E-state index is 0.0247. The van der Waals surface area contributed by atoms with Crippen molar-refractivity contribution in [2.45, 2.75) is 13.0 Å². The fourth-order valence-electron chi connectivity index (χ4n) is 3.50. The molecule has 2 aromatic rings. The zero-order valence-corrected chi connectivity index (χ0v) is 17.6. The van der Waals surface area contributed by atoms with Gasteiger partial charge >= 0.3 is 0 Å². The number of methoxy groups -OCH3 is 1. The Labute approximate surface area is 178 Å². The molecular weight excluding hydrogens is 378 g/mol. The molecule has 0 bridgehead atoms.